The first-order valence-electron chi connectivity index (χ1n) is 7.63. The minimum atomic E-state index is -0.945. The van der Waals surface area contributed by atoms with E-state index in [-0.39, 0.29) is 19.4 Å². The second-order valence-corrected chi connectivity index (χ2v) is 5.70. The van der Waals surface area contributed by atoms with Crippen LogP contribution in [-0.2, 0) is 25.5 Å². The van der Waals surface area contributed by atoms with E-state index < -0.39 is 23.3 Å². The first kappa shape index (κ1) is 18.8. The number of methoxy groups -OCH3 is 2. The Labute approximate surface area is 149 Å². The van der Waals surface area contributed by atoms with Crippen LogP contribution in [0.4, 0.5) is 4.79 Å². The number of aromatic nitrogens is 1. The molecule has 7 nitrogen and oxygen atoms in total. The molecule has 134 valence electrons. The number of ether oxygens (including phenoxy) is 2. The maximum Gasteiger partial charge on any atom is 0.328 e. The number of nitrogens with one attached hydrogen (secondary N) is 1. The SMILES string of the molecule is COC(=O)CCN(C(=O)Cl)C(Cc1c[nH]c2ccccc12)C(=O)OC. The molecule has 0 aliphatic heterocycles. The van der Waals surface area contributed by atoms with E-state index in [1.54, 1.807) is 6.20 Å². The zero-order chi connectivity index (χ0) is 18.4. The number of hydrogen-bond acceptors (Lipinski definition) is 5. The molecule has 1 N–H and O–H groups in total. The van der Waals surface area contributed by atoms with Gasteiger partial charge in [0.15, 0.2) is 0 Å². The quantitative estimate of drug-likeness (QED) is 0.462. The maximum atomic E-state index is 12.2. The van der Waals surface area contributed by atoms with Crippen molar-refractivity contribution in [1.82, 2.24) is 9.88 Å². The largest absolute Gasteiger partial charge is 0.469 e. The van der Waals surface area contributed by atoms with Gasteiger partial charge in [-0.15, -0.1) is 0 Å². The molecule has 2 aromatic rings. The molecule has 2 rings (SSSR count). The van der Waals surface area contributed by atoms with E-state index in [0.29, 0.717) is 0 Å². The fourth-order valence-corrected chi connectivity index (χ4v) is 2.85. The maximum absolute atomic E-state index is 12.2. The Bertz CT molecular complexity index is 773. The minimum Gasteiger partial charge on any atom is -0.469 e. The van der Waals surface area contributed by atoms with Crippen molar-refractivity contribution in [1.29, 1.82) is 0 Å². The number of hydrogen-bond donors (Lipinski definition) is 1. The highest BCUT2D eigenvalue weighted by Gasteiger charge is 2.31. The fourth-order valence-electron chi connectivity index (χ4n) is 2.65. The number of benzene rings is 1. The lowest BCUT2D eigenvalue weighted by molar-refractivity contribution is -0.147. The monoisotopic (exact) mass is 366 g/mol. The number of para-hydroxylation sites is 1. The number of esters is 2. The van der Waals surface area contributed by atoms with Crippen molar-refractivity contribution in [2.75, 3.05) is 20.8 Å². The number of carbonyl (C=O) groups excluding carboxylic acids is 3. The number of rotatable bonds is 7. The van der Waals surface area contributed by atoms with Crippen LogP contribution in [0.2, 0.25) is 0 Å². The summed E-state index contributed by atoms with van der Waals surface area (Å²) >= 11 is 5.64. The summed E-state index contributed by atoms with van der Waals surface area (Å²) in [5.74, 6) is -1.11. The minimum absolute atomic E-state index is 0.0445. The number of H-pyrrole nitrogens is 1. The third kappa shape index (κ3) is 4.51. The molecule has 1 aromatic heterocycles. The van der Waals surface area contributed by atoms with Gasteiger partial charge in [0.2, 0.25) is 0 Å². The Hall–Kier alpha value is -2.54. The summed E-state index contributed by atoms with van der Waals surface area (Å²) in [4.78, 5) is 39.7. The lowest BCUT2D eigenvalue weighted by Gasteiger charge is -2.27. The molecule has 0 bridgehead atoms. The molecule has 8 heteroatoms. The summed E-state index contributed by atoms with van der Waals surface area (Å²) in [7, 11) is 2.49. The van der Waals surface area contributed by atoms with Gasteiger partial charge in [0.05, 0.1) is 20.6 Å². The fraction of sp³-hybridized carbons (Fsp3) is 0.353. The van der Waals surface area contributed by atoms with Crippen molar-refractivity contribution >= 4 is 39.8 Å². The molecular weight excluding hydrogens is 348 g/mol. The van der Waals surface area contributed by atoms with E-state index in [1.165, 1.54) is 14.2 Å². The average Bonchev–Trinajstić information content (AvgIpc) is 3.02. The Kier molecular flexibility index (Phi) is 6.41. The molecule has 0 saturated heterocycles. The predicted octanol–water partition coefficient (Wildman–Crippen LogP) is 2.48. The summed E-state index contributed by atoms with van der Waals surface area (Å²) in [6, 6.07) is 6.66. The molecule has 0 aliphatic rings. The normalized spacial score (nSPS) is 11.8. The van der Waals surface area contributed by atoms with Crippen LogP contribution in [0.1, 0.15) is 12.0 Å². The molecule has 0 fully saturated rings. The molecule has 1 heterocycles. The van der Waals surface area contributed by atoms with Crippen molar-refractivity contribution in [3.05, 3.63) is 36.0 Å². The highest BCUT2D eigenvalue weighted by Crippen LogP contribution is 2.22. The van der Waals surface area contributed by atoms with Gasteiger partial charge in [0.1, 0.15) is 6.04 Å². The van der Waals surface area contributed by atoms with Crippen molar-refractivity contribution in [3.8, 4) is 0 Å². The smallest absolute Gasteiger partial charge is 0.328 e. The molecular formula is C17H19ClN2O5. The third-order valence-corrected chi connectivity index (χ3v) is 4.17. The molecule has 1 unspecified atom stereocenters. The number of carbonyl (C=O) groups is 3. The first-order chi connectivity index (χ1) is 12.0. The van der Waals surface area contributed by atoms with Crippen LogP contribution < -0.4 is 0 Å². The first-order valence-corrected chi connectivity index (χ1v) is 8.01. The summed E-state index contributed by atoms with van der Waals surface area (Å²) in [6.07, 6.45) is 1.91. The molecule has 25 heavy (non-hydrogen) atoms. The van der Waals surface area contributed by atoms with Gasteiger partial charge in [0, 0.05) is 30.1 Å². The van der Waals surface area contributed by atoms with Gasteiger partial charge in [-0.1, -0.05) is 18.2 Å². The summed E-state index contributed by atoms with van der Waals surface area (Å²) in [6.45, 7) is -0.0445. The predicted molar refractivity (Wildman–Crippen MR) is 92.4 cm³/mol. The van der Waals surface area contributed by atoms with E-state index in [1.807, 2.05) is 24.3 Å². The zero-order valence-corrected chi connectivity index (χ0v) is 14.7. The van der Waals surface area contributed by atoms with Crippen molar-refractivity contribution in [2.45, 2.75) is 18.9 Å². The van der Waals surface area contributed by atoms with Gasteiger partial charge in [-0.2, -0.15) is 0 Å². The van der Waals surface area contributed by atoms with Crippen LogP contribution in [-0.4, -0.2) is 54.0 Å². The van der Waals surface area contributed by atoms with Crippen LogP contribution in [0.5, 0.6) is 0 Å². The Morgan fingerprint density at radius 1 is 1.20 bits per heavy atom. The highest BCUT2D eigenvalue weighted by atomic mass is 35.5. The average molecular weight is 367 g/mol. The van der Waals surface area contributed by atoms with Gasteiger partial charge in [0.25, 0.3) is 0 Å². The van der Waals surface area contributed by atoms with E-state index >= 15 is 0 Å². The molecule has 0 spiro atoms. The van der Waals surface area contributed by atoms with Crippen molar-refractivity contribution in [3.63, 3.8) is 0 Å². The number of fused-ring (bicyclic) bond motifs is 1. The Morgan fingerprint density at radius 2 is 1.92 bits per heavy atom. The second kappa shape index (κ2) is 8.53. The molecule has 0 saturated carbocycles. The highest BCUT2D eigenvalue weighted by molar-refractivity contribution is 6.63. The standard InChI is InChI=1S/C17H19ClN2O5/c1-24-15(21)7-8-20(17(18)23)14(16(22)25-2)9-11-10-19-13-6-4-3-5-12(11)13/h3-6,10,14,19H,7-9H2,1-2H3. The van der Waals surface area contributed by atoms with E-state index in [0.717, 1.165) is 21.4 Å². The van der Waals surface area contributed by atoms with Crippen LogP contribution in [0.3, 0.4) is 0 Å². The van der Waals surface area contributed by atoms with Crippen molar-refractivity contribution < 1.29 is 23.9 Å². The van der Waals surface area contributed by atoms with Gasteiger partial charge >= 0.3 is 17.3 Å². The van der Waals surface area contributed by atoms with Crippen LogP contribution in [0.15, 0.2) is 30.5 Å². The number of amides is 1. The lowest BCUT2D eigenvalue weighted by Crippen LogP contribution is -2.45. The lowest BCUT2D eigenvalue weighted by atomic mass is 10.0. The second-order valence-electron chi connectivity index (χ2n) is 5.38. The third-order valence-electron chi connectivity index (χ3n) is 3.95. The molecule has 1 amide bonds. The van der Waals surface area contributed by atoms with E-state index in [2.05, 4.69) is 9.72 Å². The molecule has 0 radical (unpaired) electrons. The zero-order valence-electron chi connectivity index (χ0n) is 14.0. The van der Waals surface area contributed by atoms with Crippen LogP contribution in [0.25, 0.3) is 10.9 Å². The molecule has 0 aliphatic carbocycles. The van der Waals surface area contributed by atoms with E-state index in [9.17, 15) is 14.4 Å². The van der Waals surface area contributed by atoms with Crippen LogP contribution in [0, 0.1) is 0 Å². The summed E-state index contributed by atoms with van der Waals surface area (Å²) in [5, 5.41) is 0.102. The van der Waals surface area contributed by atoms with Gasteiger partial charge in [-0.25, -0.2) is 4.79 Å². The number of halogens is 1. The summed E-state index contributed by atoms with van der Waals surface area (Å²) < 4.78 is 9.39. The van der Waals surface area contributed by atoms with Gasteiger partial charge < -0.3 is 19.4 Å². The molecule has 1 atom stereocenters. The summed E-state index contributed by atoms with van der Waals surface area (Å²) in [5.41, 5.74) is 1.76. The van der Waals surface area contributed by atoms with Gasteiger partial charge in [-0.3, -0.25) is 9.59 Å². The topological polar surface area (TPSA) is 88.7 Å². The number of aromatic amines is 1. The Balaban J connectivity index is 2.28. The van der Waals surface area contributed by atoms with E-state index in [4.69, 9.17) is 16.3 Å². The van der Waals surface area contributed by atoms with Crippen LogP contribution >= 0.6 is 11.6 Å². The molecule has 1 aromatic carbocycles. The number of nitrogens with zero attached hydrogens (tertiary/aromatic N) is 1. The van der Waals surface area contributed by atoms with Crippen molar-refractivity contribution in [2.24, 2.45) is 0 Å². The van der Waals surface area contributed by atoms with Gasteiger partial charge in [-0.05, 0) is 23.2 Å². The Morgan fingerprint density at radius 3 is 2.56 bits per heavy atom.